The van der Waals surface area contributed by atoms with Crippen molar-refractivity contribution in [2.45, 2.75) is 6.42 Å². The van der Waals surface area contributed by atoms with Crippen molar-refractivity contribution in [2.24, 2.45) is 0 Å². The van der Waals surface area contributed by atoms with E-state index in [1.807, 2.05) is 72.8 Å². The third kappa shape index (κ3) is 5.08. The number of rotatable bonds is 6. The molecule has 2 aliphatic rings. The van der Waals surface area contributed by atoms with E-state index < -0.39 is 7.14 Å². The normalized spacial score (nSPS) is 13.1. The highest BCUT2D eigenvalue weighted by atomic mass is 31.2. The lowest BCUT2D eigenvalue weighted by Crippen LogP contribution is -2.26. The average Bonchev–Trinajstić information content (AvgIpc) is 3.24. The number of fused-ring (bicyclic) bond motifs is 3. The number of anilines is 6. The Hall–Kier alpha value is -6.41. The highest BCUT2D eigenvalue weighted by Gasteiger charge is 2.35. The summed E-state index contributed by atoms with van der Waals surface area (Å²) in [7, 11) is -3.16. The summed E-state index contributed by atoms with van der Waals surface area (Å²) in [5.74, 6) is 0. The molecule has 8 aromatic carbocycles. The van der Waals surface area contributed by atoms with Crippen LogP contribution in [0.5, 0.6) is 0 Å². The zero-order chi connectivity index (χ0) is 35.4. The first-order valence-corrected chi connectivity index (χ1v) is 19.8. The van der Waals surface area contributed by atoms with E-state index in [1.54, 1.807) is 0 Å². The summed E-state index contributed by atoms with van der Waals surface area (Å²) in [6, 6.07) is 65.3. The molecular weight excluding hydrogens is 664 g/mol. The Morgan fingerprint density at radius 3 is 1.72 bits per heavy atom. The highest BCUT2D eigenvalue weighted by Crippen LogP contribution is 2.58. The number of hydrogen-bond donors (Lipinski definition) is 0. The van der Waals surface area contributed by atoms with Crippen LogP contribution in [0.25, 0.3) is 28.0 Å². The van der Waals surface area contributed by atoms with Gasteiger partial charge in [-0.25, -0.2) is 0 Å². The van der Waals surface area contributed by atoms with Crippen molar-refractivity contribution < 1.29 is 4.57 Å². The third-order valence-electron chi connectivity index (χ3n) is 10.6. The Balaban J connectivity index is 1.21. The molecule has 1 aliphatic heterocycles. The molecule has 0 saturated carbocycles. The lowest BCUT2D eigenvalue weighted by atomic mass is 9.88. The fraction of sp³-hybridized carbons (Fsp3) is 0.0204. The topological polar surface area (TPSA) is 23.6 Å². The van der Waals surface area contributed by atoms with Gasteiger partial charge in [-0.15, -0.1) is 0 Å². The highest BCUT2D eigenvalue weighted by molar-refractivity contribution is 7.85. The van der Waals surface area contributed by atoms with Crippen LogP contribution in [0.1, 0.15) is 11.1 Å². The van der Waals surface area contributed by atoms with Gasteiger partial charge in [0.15, 0.2) is 7.14 Å². The maximum absolute atomic E-state index is 15.4. The second-order valence-corrected chi connectivity index (χ2v) is 16.4. The van der Waals surface area contributed by atoms with E-state index in [1.165, 1.54) is 27.6 Å². The first kappa shape index (κ1) is 31.3. The third-order valence-corrected chi connectivity index (χ3v) is 13.7. The van der Waals surface area contributed by atoms with Crippen LogP contribution in [0.2, 0.25) is 0 Å². The SMILES string of the molecule is O=P(c1ccccc1)(c1ccccc1)c1cccc(-c2ccc3c(c2)N(c2ccccc2)c2cc4cccc5c4c(c2N3c2ccccc2)CC=C5)c1. The van der Waals surface area contributed by atoms with Crippen LogP contribution in [-0.4, -0.2) is 0 Å². The molecule has 0 spiro atoms. The van der Waals surface area contributed by atoms with E-state index in [0.29, 0.717) is 0 Å². The standard InChI is InChI=1S/C49H35N2OP/c52-53(41-24-9-3-10-25-41,42-26-11-4-12-27-42)43-28-14-18-36(32-43)37-30-31-45-46(33-37)50(39-20-5-1-6-21-39)47-34-38-19-13-16-35-17-15-29-44(48(35)38)49(47)51(45)40-22-7-2-8-23-40/h1-28,30-34H,29H2. The number of benzene rings is 8. The van der Waals surface area contributed by atoms with Crippen LogP contribution in [0.3, 0.4) is 0 Å². The summed E-state index contributed by atoms with van der Waals surface area (Å²) in [6.07, 6.45) is 5.41. The van der Waals surface area contributed by atoms with Crippen molar-refractivity contribution in [1.29, 1.82) is 0 Å². The fourth-order valence-corrected chi connectivity index (χ4v) is 10.9. The van der Waals surface area contributed by atoms with Gasteiger partial charge in [0, 0.05) is 27.3 Å². The van der Waals surface area contributed by atoms with Gasteiger partial charge in [0.1, 0.15) is 0 Å². The Kier molecular flexibility index (Phi) is 7.49. The van der Waals surface area contributed by atoms with Crippen molar-refractivity contribution in [3.8, 4) is 11.1 Å². The van der Waals surface area contributed by atoms with E-state index >= 15 is 4.57 Å². The van der Waals surface area contributed by atoms with Crippen LogP contribution in [0.4, 0.5) is 34.1 Å². The number of para-hydroxylation sites is 2. The number of nitrogens with zero attached hydrogens (tertiary/aromatic N) is 2. The van der Waals surface area contributed by atoms with Crippen molar-refractivity contribution in [3.63, 3.8) is 0 Å². The number of hydrogen-bond acceptors (Lipinski definition) is 3. The molecule has 0 N–H and O–H groups in total. The molecule has 0 aromatic heterocycles. The average molecular weight is 699 g/mol. The second-order valence-electron chi connectivity index (χ2n) is 13.7. The minimum Gasteiger partial charge on any atom is -0.309 e. The van der Waals surface area contributed by atoms with Gasteiger partial charge in [0.05, 0.1) is 22.7 Å². The molecule has 3 nitrogen and oxygen atoms in total. The summed E-state index contributed by atoms with van der Waals surface area (Å²) in [5, 5.41) is 5.03. The van der Waals surface area contributed by atoms with Gasteiger partial charge in [-0.1, -0.05) is 152 Å². The van der Waals surface area contributed by atoms with Crippen molar-refractivity contribution in [3.05, 3.63) is 205 Å². The summed E-state index contributed by atoms with van der Waals surface area (Å²) < 4.78 is 15.4. The summed E-state index contributed by atoms with van der Waals surface area (Å²) in [5.41, 5.74) is 11.4. The van der Waals surface area contributed by atoms with Gasteiger partial charge in [0.2, 0.25) is 0 Å². The van der Waals surface area contributed by atoms with E-state index in [9.17, 15) is 0 Å². The molecule has 0 amide bonds. The number of allylic oxidation sites excluding steroid dienone is 1. The Morgan fingerprint density at radius 1 is 0.453 bits per heavy atom. The molecule has 1 heterocycles. The first-order valence-electron chi connectivity index (χ1n) is 18.1. The quantitative estimate of drug-likeness (QED) is 0.162. The smallest absolute Gasteiger partial charge is 0.171 e. The molecule has 0 unspecified atom stereocenters. The van der Waals surface area contributed by atoms with Gasteiger partial charge in [0.25, 0.3) is 0 Å². The van der Waals surface area contributed by atoms with Crippen molar-refractivity contribution in [2.75, 3.05) is 9.80 Å². The van der Waals surface area contributed by atoms with Gasteiger partial charge in [-0.2, -0.15) is 0 Å². The van der Waals surface area contributed by atoms with E-state index in [2.05, 4.69) is 137 Å². The molecular formula is C49H35N2OP. The minimum absolute atomic E-state index is 0.815. The molecule has 0 bridgehead atoms. The molecule has 53 heavy (non-hydrogen) atoms. The van der Waals surface area contributed by atoms with Gasteiger partial charge in [-0.05, 0) is 88.0 Å². The van der Waals surface area contributed by atoms with Crippen LogP contribution >= 0.6 is 7.14 Å². The molecule has 0 atom stereocenters. The Morgan fingerprint density at radius 2 is 1.04 bits per heavy atom. The largest absolute Gasteiger partial charge is 0.309 e. The predicted molar refractivity (Wildman–Crippen MR) is 224 cm³/mol. The summed E-state index contributed by atoms with van der Waals surface area (Å²) in [6.45, 7) is 0. The zero-order valence-electron chi connectivity index (χ0n) is 29.0. The first-order chi connectivity index (χ1) is 26.2. The lowest BCUT2D eigenvalue weighted by molar-refractivity contribution is 0.592. The fourth-order valence-electron chi connectivity index (χ4n) is 8.23. The second kappa shape index (κ2) is 12.7. The molecule has 10 rings (SSSR count). The maximum atomic E-state index is 15.4. The zero-order valence-corrected chi connectivity index (χ0v) is 29.9. The monoisotopic (exact) mass is 698 g/mol. The van der Waals surface area contributed by atoms with E-state index in [0.717, 1.165) is 61.9 Å². The Bertz CT molecular complexity index is 2680. The molecule has 4 heteroatoms. The van der Waals surface area contributed by atoms with Crippen molar-refractivity contribution >= 4 is 74.0 Å². The molecule has 8 aromatic rings. The minimum atomic E-state index is -3.16. The van der Waals surface area contributed by atoms with Gasteiger partial charge >= 0.3 is 0 Å². The molecule has 0 radical (unpaired) electrons. The Labute approximate surface area is 310 Å². The molecule has 0 saturated heterocycles. The molecule has 0 fully saturated rings. The van der Waals surface area contributed by atoms with Gasteiger partial charge in [-0.3, -0.25) is 0 Å². The van der Waals surface area contributed by atoms with E-state index in [4.69, 9.17) is 0 Å². The van der Waals surface area contributed by atoms with Crippen molar-refractivity contribution in [1.82, 2.24) is 0 Å². The van der Waals surface area contributed by atoms with Gasteiger partial charge < -0.3 is 14.4 Å². The maximum Gasteiger partial charge on any atom is 0.171 e. The van der Waals surface area contributed by atoms with Crippen LogP contribution < -0.4 is 25.7 Å². The summed E-state index contributed by atoms with van der Waals surface area (Å²) in [4.78, 5) is 4.88. The van der Waals surface area contributed by atoms with Crippen LogP contribution in [-0.2, 0) is 11.0 Å². The van der Waals surface area contributed by atoms with E-state index in [-0.39, 0.29) is 0 Å². The van der Waals surface area contributed by atoms with Crippen LogP contribution in [0, 0.1) is 0 Å². The molecule has 252 valence electrons. The molecule has 1 aliphatic carbocycles. The lowest BCUT2D eigenvalue weighted by Gasteiger charge is -2.42. The predicted octanol–water partition coefficient (Wildman–Crippen LogP) is 12.0. The summed E-state index contributed by atoms with van der Waals surface area (Å²) >= 11 is 0. The van der Waals surface area contributed by atoms with Crippen LogP contribution in [0.15, 0.2) is 194 Å².